The highest BCUT2D eigenvalue weighted by atomic mass is 35.5. The molecule has 0 spiro atoms. The van der Waals surface area contributed by atoms with Crippen molar-refractivity contribution in [3.8, 4) is 0 Å². The average Bonchev–Trinajstić information content (AvgIpc) is 2.15. The highest BCUT2D eigenvalue weighted by molar-refractivity contribution is 8.78. The number of aldehydes is 1. The molecule has 9 heavy (non-hydrogen) atoms. The zero-order valence-electron chi connectivity index (χ0n) is 4.29. The minimum Gasteiger partial charge on any atom is -0.302 e. The fourth-order valence-electron chi connectivity index (χ4n) is 0.470. The molecule has 0 aromatic heterocycles. The van der Waals surface area contributed by atoms with Crippen molar-refractivity contribution in [2.75, 3.05) is 0 Å². The second-order valence-corrected chi connectivity index (χ2v) is 5.41. The summed E-state index contributed by atoms with van der Waals surface area (Å²) in [5, 5.41) is -0.335. The van der Waals surface area contributed by atoms with E-state index >= 15 is 0 Å². The summed E-state index contributed by atoms with van der Waals surface area (Å²) in [4.78, 5) is 10.2. The van der Waals surface area contributed by atoms with Gasteiger partial charge in [-0.15, -0.1) is 23.2 Å². The third kappa shape index (κ3) is 1.70. The van der Waals surface area contributed by atoms with Crippen LogP contribution in [0.15, 0.2) is 0 Å². The first kappa shape index (κ1) is 8.05. The molecule has 0 amide bonds. The zero-order valence-corrected chi connectivity index (χ0v) is 7.43. The largest absolute Gasteiger partial charge is 0.302 e. The summed E-state index contributed by atoms with van der Waals surface area (Å²) < 4.78 is -0.119. The number of halogens is 2. The fourth-order valence-corrected chi connectivity index (χ4v) is 4.30. The number of rotatable bonds is 1. The van der Waals surface area contributed by atoms with Crippen molar-refractivity contribution in [1.29, 1.82) is 0 Å². The summed E-state index contributed by atoms with van der Waals surface area (Å²) in [6.07, 6.45) is 0.845. The lowest BCUT2D eigenvalue weighted by Gasteiger charge is -2.03. The molecule has 1 aliphatic rings. The molecule has 0 radical (unpaired) electrons. The van der Waals surface area contributed by atoms with Gasteiger partial charge in [-0.1, -0.05) is 21.6 Å². The fraction of sp³-hybridized carbons (Fsp3) is 0.750. The van der Waals surface area contributed by atoms with Gasteiger partial charge in [0.25, 0.3) is 0 Å². The van der Waals surface area contributed by atoms with E-state index in [-0.39, 0.29) is 15.3 Å². The molecule has 3 unspecified atom stereocenters. The number of carbonyl (C=O) groups is 1. The lowest BCUT2D eigenvalue weighted by Crippen LogP contribution is -2.18. The molecule has 0 aromatic carbocycles. The van der Waals surface area contributed by atoms with Gasteiger partial charge >= 0.3 is 0 Å². The van der Waals surface area contributed by atoms with E-state index in [0.29, 0.717) is 0 Å². The van der Waals surface area contributed by atoms with Crippen molar-refractivity contribution >= 4 is 51.1 Å². The highest BCUT2D eigenvalue weighted by Gasteiger charge is 2.34. The quantitative estimate of drug-likeness (QED) is 0.369. The summed E-state index contributed by atoms with van der Waals surface area (Å²) in [7, 11) is 2.90. The van der Waals surface area contributed by atoms with Crippen molar-refractivity contribution in [1.82, 2.24) is 0 Å². The lowest BCUT2D eigenvalue weighted by molar-refractivity contribution is -0.107. The number of hydrogen-bond donors (Lipinski definition) is 0. The molecule has 0 aliphatic carbocycles. The second-order valence-electron chi connectivity index (χ2n) is 1.59. The van der Waals surface area contributed by atoms with Crippen molar-refractivity contribution in [3.63, 3.8) is 0 Å². The van der Waals surface area contributed by atoms with Crippen LogP contribution in [0.1, 0.15) is 0 Å². The normalized spacial score (nSPS) is 43.1. The number of alkyl halides is 2. The Morgan fingerprint density at radius 1 is 1.33 bits per heavy atom. The number of carbonyl (C=O) groups excluding carboxylic acids is 1. The van der Waals surface area contributed by atoms with E-state index in [1.54, 1.807) is 0 Å². The third-order valence-corrected chi connectivity index (χ3v) is 5.60. The van der Waals surface area contributed by atoms with Crippen LogP contribution < -0.4 is 0 Å². The summed E-state index contributed by atoms with van der Waals surface area (Å²) in [6, 6.07) is 0. The monoisotopic (exact) mass is 202 g/mol. The molecule has 1 aliphatic heterocycles. The van der Waals surface area contributed by atoms with Gasteiger partial charge in [-0.3, -0.25) is 0 Å². The second kappa shape index (κ2) is 3.37. The summed E-state index contributed by atoms with van der Waals surface area (Å²) >= 11 is 11.4. The lowest BCUT2D eigenvalue weighted by atomic mass is 10.3. The van der Waals surface area contributed by atoms with Gasteiger partial charge in [-0.05, 0) is 0 Å². The minimum absolute atomic E-state index is 0.119. The van der Waals surface area contributed by atoms with Crippen LogP contribution in [0, 0.1) is 0 Å². The smallest absolute Gasteiger partial charge is 0.135 e. The molecule has 1 fully saturated rings. The van der Waals surface area contributed by atoms with Crippen LogP contribution in [0.3, 0.4) is 0 Å². The van der Waals surface area contributed by atoms with E-state index in [0.717, 1.165) is 6.29 Å². The third-order valence-electron chi connectivity index (χ3n) is 0.957. The molecule has 0 aromatic rings. The average molecular weight is 203 g/mol. The highest BCUT2D eigenvalue weighted by Crippen LogP contribution is 2.46. The van der Waals surface area contributed by atoms with Crippen LogP contribution in [0.4, 0.5) is 0 Å². The Balaban J connectivity index is 2.50. The molecule has 52 valence electrons. The predicted molar refractivity (Wildman–Crippen MR) is 44.3 cm³/mol. The zero-order chi connectivity index (χ0) is 6.85. The molecule has 3 atom stereocenters. The van der Waals surface area contributed by atoms with Crippen LogP contribution in [0.5, 0.6) is 0 Å². The van der Waals surface area contributed by atoms with E-state index in [4.69, 9.17) is 23.2 Å². The maximum atomic E-state index is 10.2. The predicted octanol–water partition coefficient (Wildman–Crippen LogP) is 2.12. The maximum absolute atomic E-state index is 10.2. The van der Waals surface area contributed by atoms with Crippen molar-refractivity contribution in [2.24, 2.45) is 0 Å². The van der Waals surface area contributed by atoms with Crippen LogP contribution >= 0.6 is 44.8 Å². The Labute approximate surface area is 71.2 Å². The van der Waals surface area contributed by atoms with E-state index in [9.17, 15) is 4.79 Å². The topological polar surface area (TPSA) is 17.1 Å². The molecule has 1 saturated heterocycles. The van der Waals surface area contributed by atoms with Crippen molar-refractivity contribution in [3.05, 3.63) is 0 Å². The first-order chi connectivity index (χ1) is 4.25. The summed E-state index contributed by atoms with van der Waals surface area (Å²) in [5.41, 5.74) is 0. The van der Waals surface area contributed by atoms with Gasteiger partial charge in [0.2, 0.25) is 0 Å². The van der Waals surface area contributed by atoms with Crippen LogP contribution in [-0.2, 0) is 4.79 Å². The van der Waals surface area contributed by atoms with Crippen LogP contribution in [-0.4, -0.2) is 21.6 Å². The Hall–Kier alpha value is 0.950. The standard InChI is InChI=1S/C4H4Cl2OS2/c5-3-2(1-7)8-9-4(3)6/h1-4H. The molecular weight excluding hydrogens is 199 g/mol. The molecule has 1 heterocycles. The molecule has 1 nitrogen and oxygen atoms in total. The first-order valence-corrected chi connectivity index (χ1v) is 5.46. The summed E-state index contributed by atoms with van der Waals surface area (Å²) in [5.74, 6) is 0. The summed E-state index contributed by atoms with van der Waals surface area (Å²) in [6.45, 7) is 0. The van der Waals surface area contributed by atoms with Gasteiger partial charge in [-0.25, -0.2) is 0 Å². The maximum Gasteiger partial charge on any atom is 0.135 e. The van der Waals surface area contributed by atoms with Gasteiger partial charge in [0.05, 0.1) is 10.6 Å². The molecule has 0 saturated carbocycles. The Morgan fingerprint density at radius 2 is 2.00 bits per heavy atom. The molecule has 0 N–H and O–H groups in total. The van der Waals surface area contributed by atoms with Gasteiger partial charge in [0.15, 0.2) is 0 Å². The van der Waals surface area contributed by atoms with E-state index in [1.807, 2.05) is 0 Å². The number of hydrogen-bond acceptors (Lipinski definition) is 3. The van der Waals surface area contributed by atoms with Gasteiger partial charge in [0, 0.05) is 0 Å². The molecule has 0 bridgehead atoms. The van der Waals surface area contributed by atoms with E-state index in [2.05, 4.69) is 0 Å². The molecule has 1 rings (SSSR count). The van der Waals surface area contributed by atoms with Gasteiger partial charge in [0.1, 0.15) is 11.0 Å². The Kier molecular flexibility index (Phi) is 3.02. The van der Waals surface area contributed by atoms with Gasteiger partial charge < -0.3 is 4.79 Å². The SMILES string of the molecule is O=CC1SSC(Cl)C1Cl. The first-order valence-electron chi connectivity index (χ1n) is 2.31. The Morgan fingerprint density at radius 3 is 2.22 bits per heavy atom. The minimum atomic E-state index is -0.209. The van der Waals surface area contributed by atoms with E-state index in [1.165, 1.54) is 21.6 Å². The molecule has 5 heteroatoms. The van der Waals surface area contributed by atoms with E-state index < -0.39 is 0 Å². The van der Waals surface area contributed by atoms with Crippen molar-refractivity contribution in [2.45, 2.75) is 15.3 Å². The van der Waals surface area contributed by atoms with Crippen LogP contribution in [0.25, 0.3) is 0 Å². The Bertz CT molecular complexity index is 121. The molecular formula is C4H4Cl2OS2. The van der Waals surface area contributed by atoms with Crippen LogP contribution in [0.2, 0.25) is 0 Å². The van der Waals surface area contributed by atoms with Gasteiger partial charge in [-0.2, -0.15) is 0 Å². The van der Waals surface area contributed by atoms with Crippen molar-refractivity contribution < 1.29 is 4.79 Å².